The van der Waals surface area contributed by atoms with E-state index < -0.39 is 10.0 Å². The molecule has 0 radical (unpaired) electrons. The van der Waals surface area contributed by atoms with E-state index in [1.165, 1.54) is 19.3 Å². The molecule has 190 valence electrons. The Morgan fingerprint density at radius 1 is 0.941 bits per heavy atom. The van der Waals surface area contributed by atoms with Crippen molar-refractivity contribution in [3.63, 3.8) is 0 Å². The summed E-state index contributed by atoms with van der Waals surface area (Å²) in [5, 5.41) is 3.18. The number of hydrogen-bond donors (Lipinski definition) is 1. The van der Waals surface area contributed by atoms with Crippen molar-refractivity contribution in [3.8, 4) is 0 Å². The maximum Gasteiger partial charge on any atom is 0.251 e. The van der Waals surface area contributed by atoms with Gasteiger partial charge in [0.25, 0.3) is 5.91 Å². The molecule has 3 aliphatic rings. The third-order valence-electron chi connectivity index (χ3n) is 7.60. The van der Waals surface area contributed by atoms with Gasteiger partial charge in [0.1, 0.15) is 4.90 Å². The first kappa shape index (κ1) is 25.5. The van der Waals surface area contributed by atoms with Crippen LogP contribution < -0.4 is 10.2 Å². The molecule has 1 aromatic carbocycles. The van der Waals surface area contributed by atoms with Crippen LogP contribution in [0.3, 0.4) is 0 Å². The number of nitrogens with one attached hydrogen (secondary N) is 1. The number of hydrogen-bond acceptors (Lipinski definition) is 5. The molecule has 3 fully saturated rings. The molecule has 0 spiro atoms. The van der Waals surface area contributed by atoms with Gasteiger partial charge in [0.2, 0.25) is 10.0 Å². The Morgan fingerprint density at radius 2 is 1.59 bits per heavy atom. The smallest absolute Gasteiger partial charge is 0.251 e. The van der Waals surface area contributed by atoms with Gasteiger partial charge < -0.3 is 15.1 Å². The second-order valence-electron chi connectivity index (χ2n) is 10.1. The number of rotatable bonds is 8. The molecule has 3 aliphatic heterocycles. The minimum atomic E-state index is -3.64. The highest BCUT2D eigenvalue weighted by Crippen LogP contribution is 2.32. The Morgan fingerprint density at radius 3 is 2.24 bits per heavy atom. The molecule has 4 rings (SSSR count). The summed E-state index contributed by atoms with van der Waals surface area (Å²) >= 11 is 0. The average molecular weight is 491 g/mol. The minimum Gasteiger partial charge on any atom is -0.370 e. The number of unbranched alkanes of at least 4 members (excludes halogenated alkanes) is 1. The molecule has 34 heavy (non-hydrogen) atoms. The van der Waals surface area contributed by atoms with E-state index in [0.717, 1.165) is 83.4 Å². The summed E-state index contributed by atoms with van der Waals surface area (Å²) in [6.45, 7) is 8.22. The molecule has 3 heterocycles. The molecular weight excluding hydrogens is 448 g/mol. The highest BCUT2D eigenvalue weighted by Gasteiger charge is 2.31. The number of benzene rings is 1. The summed E-state index contributed by atoms with van der Waals surface area (Å²) in [6, 6.07) is 5.46. The zero-order valence-electron chi connectivity index (χ0n) is 20.8. The van der Waals surface area contributed by atoms with Crippen LogP contribution in [0.1, 0.15) is 81.5 Å². The molecule has 8 heteroatoms. The first-order chi connectivity index (χ1) is 16.5. The number of amides is 1. The van der Waals surface area contributed by atoms with Crippen LogP contribution in [0.15, 0.2) is 23.1 Å². The summed E-state index contributed by atoms with van der Waals surface area (Å²) in [6.07, 6.45) is 10.5. The van der Waals surface area contributed by atoms with Crippen molar-refractivity contribution in [1.29, 1.82) is 0 Å². The fourth-order valence-corrected chi connectivity index (χ4v) is 7.21. The van der Waals surface area contributed by atoms with Crippen LogP contribution in [0.4, 0.5) is 5.69 Å². The van der Waals surface area contributed by atoms with E-state index in [1.54, 1.807) is 10.4 Å². The third-order valence-corrected chi connectivity index (χ3v) is 9.53. The second kappa shape index (κ2) is 11.9. The molecule has 0 aliphatic carbocycles. The van der Waals surface area contributed by atoms with Crippen molar-refractivity contribution in [1.82, 2.24) is 14.5 Å². The number of carbonyl (C=O) groups is 1. The van der Waals surface area contributed by atoms with Gasteiger partial charge in [-0.25, -0.2) is 8.42 Å². The van der Waals surface area contributed by atoms with E-state index in [2.05, 4.69) is 22.0 Å². The lowest BCUT2D eigenvalue weighted by atomic mass is 10.0. The summed E-state index contributed by atoms with van der Waals surface area (Å²) in [7, 11) is -3.64. The highest BCUT2D eigenvalue weighted by molar-refractivity contribution is 7.89. The van der Waals surface area contributed by atoms with Crippen molar-refractivity contribution < 1.29 is 13.2 Å². The van der Waals surface area contributed by atoms with E-state index in [4.69, 9.17) is 0 Å². The number of piperidine rings is 3. The first-order valence-corrected chi connectivity index (χ1v) is 14.9. The molecular formula is C26H42N4O3S. The molecule has 1 aromatic rings. The fourth-order valence-electron chi connectivity index (χ4n) is 5.45. The minimum absolute atomic E-state index is 0.147. The molecule has 0 bridgehead atoms. The van der Waals surface area contributed by atoms with E-state index in [9.17, 15) is 13.2 Å². The molecule has 3 saturated heterocycles. The zero-order valence-corrected chi connectivity index (χ0v) is 21.6. The quantitative estimate of drug-likeness (QED) is 0.599. The van der Waals surface area contributed by atoms with Gasteiger partial charge in [-0.1, -0.05) is 19.8 Å². The molecule has 0 saturated carbocycles. The van der Waals surface area contributed by atoms with Crippen LogP contribution in [0.2, 0.25) is 0 Å². The van der Waals surface area contributed by atoms with Gasteiger partial charge in [0.15, 0.2) is 0 Å². The second-order valence-corrected chi connectivity index (χ2v) is 12.0. The SMILES string of the molecule is CCCCN1CCC(NC(=O)c2ccc(N3CCCCC3)c(S(=O)(=O)N3CCCCC3)c2)CC1. The molecule has 0 atom stereocenters. The number of anilines is 1. The topological polar surface area (TPSA) is 73.0 Å². The van der Waals surface area contributed by atoms with E-state index in [0.29, 0.717) is 23.5 Å². The van der Waals surface area contributed by atoms with E-state index in [-0.39, 0.29) is 11.9 Å². The summed E-state index contributed by atoms with van der Waals surface area (Å²) in [5.41, 5.74) is 1.20. The normalized spacial score (nSPS) is 21.5. The lowest BCUT2D eigenvalue weighted by Crippen LogP contribution is -2.45. The van der Waals surface area contributed by atoms with Crippen molar-refractivity contribution in [2.24, 2.45) is 0 Å². The van der Waals surface area contributed by atoms with Crippen LogP contribution in [-0.2, 0) is 10.0 Å². The van der Waals surface area contributed by atoms with Gasteiger partial charge >= 0.3 is 0 Å². The van der Waals surface area contributed by atoms with Crippen molar-refractivity contribution in [2.75, 3.05) is 50.7 Å². The predicted octanol–water partition coefficient (Wildman–Crippen LogP) is 3.85. The highest BCUT2D eigenvalue weighted by atomic mass is 32.2. The summed E-state index contributed by atoms with van der Waals surface area (Å²) in [5.74, 6) is -0.160. The maximum atomic E-state index is 13.7. The Labute approximate surface area is 205 Å². The fraction of sp³-hybridized carbons (Fsp3) is 0.731. The van der Waals surface area contributed by atoms with Gasteiger partial charge in [0, 0.05) is 50.9 Å². The summed E-state index contributed by atoms with van der Waals surface area (Å²) < 4.78 is 29.0. The van der Waals surface area contributed by atoms with Crippen molar-refractivity contribution >= 4 is 21.6 Å². The number of likely N-dealkylation sites (tertiary alicyclic amines) is 1. The van der Waals surface area contributed by atoms with Gasteiger partial charge in [-0.05, 0) is 76.1 Å². The van der Waals surface area contributed by atoms with E-state index >= 15 is 0 Å². The first-order valence-electron chi connectivity index (χ1n) is 13.4. The standard InChI is InChI=1S/C26H42N4O3S/c1-2-3-14-28-19-12-23(13-20-28)27-26(31)22-10-11-24(29-15-6-4-7-16-29)25(21-22)34(32,33)30-17-8-5-9-18-30/h10-11,21,23H,2-9,12-20H2,1H3,(H,27,31). The van der Waals surface area contributed by atoms with E-state index in [1.807, 2.05) is 12.1 Å². The number of carbonyl (C=O) groups excluding carboxylic acids is 1. The van der Waals surface area contributed by atoms with Crippen LogP contribution in [0, 0.1) is 0 Å². The van der Waals surface area contributed by atoms with Gasteiger partial charge in [-0.2, -0.15) is 4.31 Å². The predicted molar refractivity (Wildman–Crippen MR) is 137 cm³/mol. The van der Waals surface area contributed by atoms with Gasteiger partial charge in [-0.3, -0.25) is 4.79 Å². The molecule has 7 nitrogen and oxygen atoms in total. The van der Waals surface area contributed by atoms with Crippen LogP contribution >= 0.6 is 0 Å². The van der Waals surface area contributed by atoms with Gasteiger partial charge in [0.05, 0.1) is 5.69 Å². The monoisotopic (exact) mass is 490 g/mol. The number of nitrogens with zero attached hydrogens (tertiary/aromatic N) is 3. The maximum absolute atomic E-state index is 13.7. The molecule has 1 amide bonds. The Hall–Kier alpha value is -1.64. The molecule has 1 N–H and O–H groups in total. The Balaban J connectivity index is 1.52. The van der Waals surface area contributed by atoms with Crippen LogP contribution in [-0.4, -0.2) is 75.4 Å². The number of sulfonamides is 1. The molecule has 0 aromatic heterocycles. The molecule has 0 unspecified atom stereocenters. The van der Waals surface area contributed by atoms with Crippen LogP contribution in [0.25, 0.3) is 0 Å². The van der Waals surface area contributed by atoms with Gasteiger partial charge in [-0.15, -0.1) is 0 Å². The largest absolute Gasteiger partial charge is 0.370 e. The zero-order chi connectivity index (χ0) is 24.0. The Bertz CT molecular complexity index is 916. The van der Waals surface area contributed by atoms with Crippen molar-refractivity contribution in [2.45, 2.75) is 82.1 Å². The van der Waals surface area contributed by atoms with Crippen LogP contribution in [0.5, 0.6) is 0 Å². The lowest BCUT2D eigenvalue weighted by Gasteiger charge is -2.33. The third kappa shape index (κ3) is 6.13. The summed E-state index contributed by atoms with van der Waals surface area (Å²) in [4.78, 5) is 18.1. The van der Waals surface area contributed by atoms with Crippen molar-refractivity contribution in [3.05, 3.63) is 23.8 Å². The lowest BCUT2D eigenvalue weighted by molar-refractivity contribution is 0.0910. The Kier molecular flexibility index (Phi) is 8.88. The average Bonchev–Trinajstić information content (AvgIpc) is 2.89.